The van der Waals surface area contributed by atoms with Gasteiger partial charge in [0.2, 0.25) is 5.91 Å². The van der Waals surface area contributed by atoms with Crippen molar-refractivity contribution in [3.05, 3.63) is 89.4 Å². The van der Waals surface area contributed by atoms with Gasteiger partial charge in [-0.2, -0.15) is 0 Å². The number of furan rings is 1. The number of likely N-dealkylation sites (tertiary alicyclic amines) is 1. The molecular formula is C26H25N3O4S. The van der Waals surface area contributed by atoms with E-state index in [1.54, 1.807) is 53.3 Å². The number of hydrogen-bond acceptors (Lipinski definition) is 5. The van der Waals surface area contributed by atoms with E-state index in [9.17, 15) is 14.4 Å². The molecule has 0 spiro atoms. The predicted molar refractivity (Wildman–Crippen MR) is 130 cm³/mol. The zero-order chi connectivity index (χ0) is 23.5. The zero-order valence-corrected chi connectivity index (χ0v) is 19.4. The Labute approximate surface area is 202 Å². The number of para-hydroxylation sites is 1. The molecule has 0 saturated carbocycles. The monoisotopic (exact) mass is 475 g/mol. The van der Waals surface area contributed by atoms with Gasteiger partial charge in [-0.05, 0) is 54.8 Å². The Morgan fingerprint density at radius 1 is 1.00 bits per heavy atom. The highest BCUT2D eigenvalue weighted by molar-refractivity contribution is 8.00. The number of carbonyl (C=O) groups is 3. The van der Waals surface area contributed by atoms with Crippen LogP contribution in [0.3, 0.4) is 0 Å². The Hall–Kier alpha value is -3.52. The van der Waals surface area contributed by atoms with E-state index >= 15 is 0 Å². The van der Waals surface area contributed by atoms with Crippen molar-refractivity contribution in [3.63, 3.8) is 0 Å². The molecule has 2 fully saturated rings. The standard InChI is InChI=1S/C26H25N3O4S/c30-23-17-34-26(29(23)16-20-6-5-15-33-20)19-11-9-18(10-12-19)24(31)27-22-8-2-1-7-21(22)25(32)28-13-3-4-14-28/h1-2,5-12,15,26H,3-4,13-14,16-17H2,(H,27,31)/t26-/m1/s1. The van der Waals surface area contributed by atoms with Gasteiger partial charge in [0.15, 0.2) is 0 Å². The average molecular weight is 476 g/mol. The second-order valence-corrected chi connectivity index (χ2v) is 9.45. The van der Waals surface area contributed by atoms with Crippen LogP contribution in [0.5, 0.6) is 0 Å². The molecule has 1 aromatic heterocycles. The summed E-state index contributed by atoms with van der Waals surface area (Å²) < 4.78 is 5.41. The van der Waals surface area contributed by atoms with Crippen LogP contribution in [0.1, 0.15) is 50.3 Å². The third kappa shape index (κ3) is 4.59. The van der Waals surface area contributed by atoms with Crippen LogP contribution in [0.15, 0.2) is 71.3 Å². The summed E-state index contributed by atoms with van der Waals surface area (Å²) in [6.45, 7) is 1.91. The molecule has 5 rings (SSSR count). The van der Waals surface area contributed by atoms with E-state index in [2.05, 4.69) is 5.32 Å². The van der Waals surface area contributed by atoms with Gasteiger partial charge in [-0.1, -0.05) is 24.3 Å². The summed E-state index contributed by atoms with van der Waals surface area (Å²) in [5, 5.41) is 2.77. The lowest BCUT2D eigenvalue weighted by molar-refractivity contribution is -0.128. The van der Waals surface area contributed by atoms with Crippen molar-refractivity contribution in [3.8, 4) is 0 Å². The molecule has 8 heteroatoms. The molecule has 174 valence electrons. The number of hydrogen-bond donors (Lipinski definition) is 1. The van der Waals surface area contributed by atoms with Gasteiger partial charge in [-0.25, -0.2) is 0 Å². The lowest BCUT2D eigenvalue weighted by Crippen LogP contribution is -2.28. The van der Waals surface area contributed by atoms with E-state index in [-0.39, 0.29) is 23.1 Å². The molecule has 1 N–H and O–H groups in total. The first kappa shape index (κ1) is 22.3. The van der Waals surface area contributed by atoms with Crippen LogP contribution >= 0.6 is 11.8 Å². The number of nitrogens with one attached hydrogen (secondary N) is 1. The Kier molecular flexibility index (Phi) is 6.40. The van der Waals surface area contributed by atoms with Crippen molar-refractivity contribution >= 4 is 35.2 Å². The highest BCUT2D eigenvalue weighted by atomic mass is 32.2. The Morgan fingerprint density at radius 2 is 1.76 bits per heavy atom. The number of anilines is 1. The summed E-state index contributed by atoms with van der Waals surface area (Å²) in [6, 6.07) is 18.0. The first-order valence-corrected chi connectivity index (χ1v) is 12.4. The van der Waals surface area contributed by atoms with E-state index in [0.717, 1.165) is 37.3 Å². The van der Waals surface area contributed by atoms with Gasteiger partial charge in [-0.3, -0.25) is 14.4 Å². The fourth-order valence-electron chi connectivity index (χ4n) is 4.33. The highest BCUT2D eigenvalue weighted by Gasteiger charge is 2.33. The molecule has 2 saturated heterocycles. The molecule has 7 nitrogen and oxygen atoms in total. The number of benzene rings is 2. The minimum absolute atomic E-state index is 0.0525. The average Bonchev–Trinajstić information content (AvgIpc) is 3.63. The van der Waals surface area contributed by atoms with Gasteiger partial charge < -0.3 is 19.5 Å². The van der Waals surface area contributed by atoms with E-state index < -0.39 is 0 Å². The maximum Gasteiger partial charge on any atom is 0.255 e. The van der Waals surface area contributed by atoms with Crippen molar-refractivity contribution in [1.82, 2.24) is 9.80 Å². The van der Waals surface area contributed by atoms with Gasteiger partial charge >= 0.3 is 0 Å². The molecule has 3 amide bonds. The molecule has 34 heavy (non-hydrogen) atoms. The fourth-order valence-corrected chi connectivity index (χ4v) is 5.52. The summed E-state index contributed by atoms with van der Waals surface area (Å²) >= 11 is 1.56. The molecular weight excluding hydrogens is 450 g/mol. The summed E-state index contributed by atoms with van der Waals surface area (Å²) in [5.41, 5.74) is 2.45. The van der Waals surface area contributed by atoms with Gasteiger partial charge in [-0.15, -0.1) is 11.8 Å². The molecule has 1 atom stereocenters. The summed E-state index contributed by atoms with van der Waals surface area (Å²) in [5.74, 6) is 0.876. The molecule has 0 radical (unpaired) electrons. The number of amides is 3. The third-order valence-electron chi connectivity index (χ3n) is 6.13. The third-order valence-corrected chi connectivity index (χ3v) is 7.39. The van der Waals surface area contributed by atoms with Crippen LogP contribution in [0.25, 0.3) is 0 Å². The topological polar surface area (TPSA) is 82.9 Å². The number of rotatable bonds is 6. The lowest BCUT2D eigenvalue weighted by Gasteiger charge is -2.23. The molecule has 3 heterocycles. The molecule has 0 bridgehead atoms. The fraction of sp³-hybridized carbons (Fsp3) is 0.269. The number of carbonyl (C=O) groups excluding carboxylic acids is 3. The van der Waals surface area contributed by atoms with Gasteiger partial charge in [0, 0.05) is 18.7 Å². The molecule has 2 aliphatic heterocycles. The largest absolute Gasteiger partial charge is 0.467 e. The molecule has 0 aliphatic carbocycles. The quantitative estimate of drug-likeness (QED) is 0.566. The lowest BCUT2D eigenvalue weighted by atomic mass is 10.1. The Balaban J connectivity index is 1.29. The minimum atomic E-state index is -0.282. The van der Waals surface area contributed by atoms with E-state index in [4.69, 9.17) is 4.42 Å². The van der Waals surface area contributed by atoms with Crippen molar-refractivity contribution < 1.29 is 18.8 Å². The molecule has 0 unspecified atom stereocenters. The minimum Gasteiger partial charge on any atom is -0.467 e. The second kappa shape index (κ2) is 9.77. The maximum atomic E-state index is 13.0. The first-order valence-electron chi connectivity index (χ1n) is 11.3. The smallest absolute Gasteiger partial charge is 0.255 e. The summed E-state index contributed by atoms with van der Waals surface area (Å²) in [6.07, 6.45) is 3.62. The van der Waals surface area contributed by atoms with Crippen LogP contribution in [-0.4, -0.2) is 46.4 Å². The number of thioether (sulfide) groups is 1. The van der Waals surface area contributed by atoms with Gasteiger partial charge in [0.25, 0.3) is 11.8 Å². The van der Waals surface area contributed by atoms with Crippen LogP contribution in [0.2, 0.25) is 0 Å². The van der Waals surface area contributed by atoms with Crippen molar-refractivity contribution in [2.24, 2.45) is 0 Å². The zero-order valence-electron chi connectivity index (χ0n) is 18.6. The summed E-state index contributed by atoms with van der Waals surface area (Å²) in [7, 11) is 0. The Bertz CT molecular complexity index is 1190. The highest BCUT2D eigenvalue weighted by Crippen LogP contribution is 2.39. The van der Waals surface area contributed by atoms with Crippen LogP contribution in [0, 0.1) is 0 Å². The normalized spacial score (nSPS) is 17.9. The van der Waals surface area contributed by atoms with Crippen LogP contribution in [-0.2, 0) is 11.3 Å². The van der Waals surface area contributed by atoms with E-state index in [0.29, 0.717) is 29.1 Å². The number of nitrogens with zero attached hydrogens (tertiary/aromatic N) is 2. The predicted octanol–water partition coefficient (Wildman–Crippen LogP) is 4.54. The molecule has 2 aliphatic rings. The van der Waals surface area contributed by atoms with Crippen LogP contribution < -0.4 is 5.32 Å². The van der Waals surface area contributed by atoms with E-state index in [1.807, 2.05) is 35.2 Å². The first-order chi connectivity index (χ1) is 16.6. The molecule has 2 aromatic carbocycles. The van der Waals surface area contributed by atoms with Gasteiger partial charge in [0.05, 0.1) is 29.8 Å². The van der Waals surface area contributed by atoms with Crippen LogP contribution in [0.4, 0.5) is 5.69 Å². The van der Waals surface area contributed by atoms with E-state index in [1.165, 1.54) is 0 Å². The SMILES string of the molecule is O=C(Nc1ccccc1C(=O)N1CCCC1)c1ccc([C@H]2SCC(=O)N2Cc2ccco2)cc1. The Morgan fingerprint density at radius 3 is 2.50 bits per heavy atom. The van der Waals surface area contributed by atoms with Crippen molar-refractivity contribution in [2.45, 2.75) is 24.8 Å². The summed E-state index contributed by atoms with van der Waals surface area (Å²) in [4.78, 5) is 41.9. The van der Waals surface area contributed by atoms with Gasteiger partial charge in [0.1, 0.15) is 11.1 Å². The second-order valence-electron chi connectivity index (χ2n) is 8.39. The maximum absolute atomic E-state index is 13.0. The van der Waals surface area contributed by atoms with Crippen molar-refractivity contribution in [1.29, 1.82) is 0 Å². The van der Waals surface area contributed by atoms with Crippen molar-refractivity contribution in [2.75, 3.05) is 24.2 Å². The molecule has 3 aromatic rings.